The van der Waals surface area contributed by atoms with Crippen LogP contribution in [0, 0.1) is 50.7 Å². The van der Waals surface area contributed by atoms with E-state index in [-0.39, 0.29) is 11.8 Å². The minimum atomic E-state index is -1.07. The minimum Gasteiger partial charge on any atom is -0.197 e. The summed E-state index contributed by atoms with van der Waals surface area (Å²) < 4.78 is 0. The summed E-state index contributed by atoms with van der Waals surface area (Å²) in [5, 5.41) is 30.7. The summed E-state index contributed by atoms with van der Waals surface area (Å²) in [6.07, 6.45) is 4.94. The van der Waals surface area contributed by atoms with Crippen molar-refractivity contribution in [1.29, 1.82) is 15.8 Å². The predicted molar refractivity (Wildman–Crippen MR) is 105 cm³/mol. The summed E-state index contributed by atoms with van der Waals surface area (Å²) in [4.78, 5) is 0. The molecule has 3 aliphatic rings. The van der Waals surface area contributed by atoms with Crippen molar-refractivity contribution in [3.63, 3.8) is 0 Å². The van der Waals surface area contributed by atoms with E-state index in [0.717, 1.165) is 16.7 Å². The average molecular weight is 382 g/mol. The van der Waals surface area contributed by atoms with Gasteiger partial charge in [-0.1, -0.05) is 60.2 Å². The monoisotopic (exact) mass is 381 g/mol. The highest BCUT2D eigenvalue weighted by Crippen LogP contribution is 2.73. The molecule has 3 aliphatic carbocycles. The highest BCUT2D eigenvalue weighted by Gasteiger charge is 2.71. The zero-order chi connectivity index (χ0) is 19.6. The molecule has 5 rings (SSSR count). The van der Waals surface area contributed by atoms with Gasteiger partial charge in [-0.25, -0.2) is 0 Å². The summed E-state index contributed by atoms with van der Waals surface area (Å²) in [5.41, 5.74) is 0.897. The van der Waals surface area contributed by atoms with Gasteiger partial charge in [0, 0.05) is 16.4 Å². The van der Waals surface area contributed by atoms with Gasteiger partial charge in [0.1, 0.15) is 10.8 Å². The molecule has 0 unspecified atom stereocenters. The number of fused-ring (bicyclic) bond motifs is 2. The Balaban J connectivity index is 1.81. The van der Waals surface area contributed by atoms with Crippen LogP contribution >= 0.6 is 11.6 Å². The first-order valence-corrected chi connectivity index (χ1v) is 9.72. The summed E-state index contributed by atoms with van der Waals surface area (Å²) in [5.74, 6) is 0.0241. The van der Waals surface area contributed by atoms with Crippen molar-refractivity contribution in [3.05, 3.63) is 82.4 Å². The number of hydrogen-bond donors (Lipinski definition) is 0. The van der Waals surface area contributed by atoms with Crippen molar-refractivity contribution in [3.8, 4) is 18.2 Å². The van der Waals surface area contributed by atoms with E-state index in [0.29, 0.717) is 17.9 Å². The van der Waals surface area contributed by atoms with Crippen molar-refractivity contribution in [2.75, 3.05) is 0 Å². The maximum absolute atomic E-state index is 10.3. The smallest absolute Gasteiger partial charge is 0.145 e. The van der Waals surface area contributed by atoms with Crippen LogP contribution in [-0.2, 0) is 5.41 Å². The number of hydrogen-bond acceptors (Lipinski definition) is 3. The Morgan fingerprint density at radius 3 is 2.21 bits per heavy atom. The minimum absolute atomic E-state index is 0.00697. The van der Waals surface area contributed by atoms with Gasteiger partial charge in [0.15, 0.2) is 0 Å². The second-order valence-corrected chi connectivity index (χ2v) is 8.64. The molecule has 1 saturated carbocycles. The molecule has 28 heavy (non-hydrogen) atoms. The molecule has 3 nitrogen and oxygen atoms in total. The summed E-state index contributed by atoms with van der Waals surface area (Å²) in [6.45, 7) is 0. The van der Waals surface area contributed by atoms with Crippen LogP contribution in [0.2, 0.25) is 5.02 Å². The molecule has 4 atom stereocenters. The number of halogens is 1. The predicted octanol–water partition coefficient (Wildman–Crippen LogP) is 5.25. The Hall–Kier alpha value is -3.06. The molecule has 2 aromatic carbocycles. The van der Waals surface area contributed by atoms with E-state index in [2.05, 4.69) is 30.4 Å². The maximum Gasteiger partial charge on any atom is 0.145 e. The Bertz CT molecular complexity index is 1130. The van der Waals surface area contributed by atoms with Gasteiger partial charge >= 0.3 is 0 Å². The number of rotatable bonds is 1. The maximum atomic E-state index is 10.3. The van der Waals surface area contributed by atoms with Crippen molar-refractivity contribution in [2.24, 2.45) is 16.7 Å². The third-order valence-corrected chi connectivity index (χ3v) is 7.40. The van der Waals surface area contributed by atoms with Crippen LogP contribution in [0.3, 0.4) is 0 Å². The number of allylic oxidation sites excluding steroid dienone is 2. The lowest BCUT2D eigenvalue weighted by molar-refractivity contribution is 0.131. The molecule has 0 N–H and O–H groups in total. The zero-order valence-electron chi connectivity index (χ0n) is 15.1. The first kappa shape index (κ1) is 17.1. The summed E-state index contributed by atoms with van der Waals surface area (Å²) >= 11 is 6.12. The van der Waals surface area contributed by atoms with Crippen LogP contribution in [0.1, 0.15) is 35.4 Å². The van der Waals surface area contributed by atoms with Crippen molar-refractivity contribution < 1.29 is 0 Å². The molecule has 2 aromatic rings. The molecule has 0 amide bonds. The number of benzene rings is 2. The molecule has 0 aromatic heterocycles. The average Bonchev–Trinajstić information content (AvgIpc) is 3.09. The van der Waals surface area contributed by atoms with Crippen LogP contribution in [0.15, 0.2) is 60.7 Å². The Labute approximate surface area is 169 Å². The Morgan fingerprint density at radius 1 is 0.893 bits per heavy atom. The van der Waals surface area contributed by atoms with E-state index < -0.39 is 16.2 Å². The Kier molecular flexibility index (Phi) is 3.34. The van der Waals surface area contributed by atoms with Crippen LogP contribution in [-0.4, -0.2) is 0 Å². The lowest BCUT2D eigenvalue weighted by Crippen LogP contribution is -2.56. The van der Waals surface area contributed by atoms with Crippen LogP contribution in [0.25, 0.3) is 0 Å². The van der Waals surface area contributed by atoms with Crippen molar-refractivity contribution in [2.45, 2.75) is 24.2 Å². The van der Waals surface area contributed by atoms with Crippen molar-refractivity contribution in [1.82, 2.24) is 0 Å². The largest absolute Gasteiger partial charge is 0.197 e. The van der Waals surface area contributed by atoms with Gasteiger partial charge in [-0.3, -0.25) is 0 Å². The fourth-order valence-corrected chi connectivity index (χ4v) is 6.04. The number of nitrogens with zero attached hydrogens (tertiary/aromatic N) is 3. The summed E-state index contributed by atoms with van der Waals surface area (Å²) in [6, 6.07) is 23.0. The van der Waals surface area contributed by atoms with Crippen LogP contribution in [0.4, 0.5) is 0 Å². The molecule has 0 bridgehead atoms. The quantitative estimate of drug-likeness (QED) is 0.633. The molecule has 1 fully saturated rings. The van der Waals surface area contributed by atoms with E-state index in [1.54, 1.807) is 0 Å². The van der Waals surface area contributed by atoms with E-state index in [4.69, 9.17) is 11.6 Å². The molecule has 4 heteroatoms. The standard InChI is InChI=1S/C24H16ClN3/c25-17-7-5-16(6-8-17)21-18-3-1-2-4-19(18)24(15-28)10-9-23(24)12-22(13-26,14-27)11-20(21)23/h1-10,20-21H,11-12H2/t20-,21-,23+,24-/m1/s1. The normalized spacial score (nSPS) is 33.2. The first-order valence-electron chi connectivity index (χ1n) is 9.34. The van der Waals surface area contributed by atoms with E-state index in [1.165, 1.54) is 0 Å². The fraction of sp³-hybridized carbons (Fsp3) is 0.292. The zero-order valence-corrected chi connectivity index (χ0v) is 15.8. The fourth-order valence-electron chi connectivity index (χ4n) is 5.92. The third kappa shape index (κ3) is 1.82. The van der Waals surface area contributed by atoms with E-state index >= 15 is 0 Å². The molecule has 1 spiro atoms. The van der Waals surface area contributed by atoms with Gasteiger partial charge in [0.05, 0.1) is 18.2 Å². The SMILES string of the molecule is N#CC1(C#N)C[C@@H]2[C@H](c3ccc(Cl)cc3)c3ccccc3[C@]3(C#N)C=C[C@]23C1. The highest BCUT2D eigenvalue weighted by atomic mass is 35.5. The molecular weight excluding hydrogens is 366 g/mol. The first-order chi connectivity index (χ1) is 13.5. The van der Waals surface area contributed by atoms with Gasteiger partial charge in [-0.05, 0) is 47.6 Å². The van der Waals surface area contributed by atoms with Gasteiger partial charge in [-0.2, -0.15) is 15.8 Å². The van der Waals surface area contributed by atoms with Gasteiger partial charge < -0.3 is 0 Å². The van der Waals surface area contributed by atoms with E-state index in [9.17, 15) is 15.8 Å². The van der Waals surface area contributed by atoms with E-state index in [1.807, 2.05) is 48.5 Å². The molecule has 0 saturated heterocycles. The van der Waals surface area contributed by atoms with Gasteiger partial charge in [0.25, 0.3) is 0 Å². The third-order valence-electron chi connectivity index (χ3n) is 7.15. The van der Waals surface area contributed by atoms with Gasteiger partial charge in [-0.15, -0.1) is 0 Å². The topological polar surface area (TPSA) is 71.4 Å². The molecular formula is C24H16ClN3. The lowest BCUT2D eigenvalue weighted by atomic mass is 9.43. The van der Waals surface area contributed by atoms with Gasteiger partial charge in [0.2, 0.25) is 0 Å². The summed E-state index contributed by atoms with van der Waals surface area (Å²) in [7, 11) is 0. The Morgan fingerprint density at radius 2 is 1.61 bits per heavy atom. The molecule has 0 aliphatic heterocycles. The highest BCUT2D eigenvalue weighted by molar-refractivity contribution is 6.30. The second kappa shape index (κ2) is 5.48. The van der Waals surface area contributed by atoms with Crippen LogP contribution < -0.4 is 0 Å². The second-order valence-electron chi connectivity index (χ2n) is 8.20. The lowest BCUT2D eigenvalue weighted by Gasteiger charge is -2.57. The van der Waals surface area contributed by atoms with Crippen LogP contribution in [0.5, 0.6) is 0 Å². The van der Waals surface area contributed by atoms with Crippen molar-refractivity contribution >= 4 is 11.6 Å². The number of nitriles is 3. The molecule has 0 heterocycles. The molecule has 134 valence electrons. The molecule has 0 radical (unpaired) electrons.